The van der Waals surface area contributed by atoms with Crippen LogP contribution in [0.1, 0.15) is 33.3 Å². The Bertz CT molecular complexity index is 903. The summed E-state index contributed by atoms with van der Waals surface area (Å²) in [6.07, 6.45) is -4.21. The minimum Gasteiger partial charge on any atom is -0.445 e. The van der Waals surface area contributed by atoms with Gasteiger partial charge in [0, 0.05) is 6.92 Å². The van der Waals surface area contributed by atoms with Crippen LogP contribution in [-0.2, 0) is 30.3 Å². The van der Waals surface area contributed by atoms with Gasteiger partial charge in [0.2, 0.25) is 12.2 Å². The zero-order chi connectivity index (χ0) is 25.7. The third kappa shape index (κ3) is 6.62. The average Bonchev–Trinajstić information content (AvgIpc) is 2.72. The highest BCUT2D eigenvalue weighted by molar-refractivity contribution is 6.80. The summed E-state index contributed by atoms with van der Waals surface area (Å²) >= 11 is 0. The summed E-state index contributed by atoms with van der Waals surface area (Å²) in [5, 5.41) is 2.39. The molecular formula is C22H33N3O8Si. The zero-order valence-corrected chi connectivity index (χ0v) is 21.3. The molecule has 0 radical (unpaired) electrons. The summed E-state index contributed by atoms with van der Waals surface area (Å²) < 4.78 is 21.5. The fraction of sp³-hybridized carbons (Fsp3) is 0.545. The summed E-state index contributed by atoms with van der Waals surface area (Å²) in [7, 11) is -2.36. The molecule has 34 heavy (non-hydrogen) atoms. The van der Waals surface area contributed by atoms with Crippen LogP contribution in [0.2, 0.25) is 18.1 Å². The van der Waals surface area contributed by atoms with E-state index < -0.39 is 45.0 Å². The van der Waals surface area contributed by atoms with E-state index in [2.05, 4.69) is 10.1 Å². The Hall–Kier alpha value is -3.28. The number of alkyl carbamates (subject to hydrolysis) is 1. The maximum Gasteiger partial charge on any atom is 0.511 e. The number of primary amides is 1. The van der Waals surface area contributed by atoms with E-state index in [-0.39, 0.29) is 24.2 Å². The van der Waals surface area contributed by atoms with Gasteiger partial charge in [0.25, 0.3) is 0 Å². The zero-order valence-electron chi connectivity index (χ0n) is 20.3. The lowest BCUT2D eigenvalue weighted by molar-refractivity contribution is -0.146. The number of nitrogens with two attached hydrogens (primary N) is 1. The lowest BCUT2D eigenvalue weighted by Crippen LogP contribution is -2.79. The van der Waals surface area contributed by atoms with E-state index >= 15 is 0 Å². The van der Waals surface area contributed by atoms with Gasteiger partial charge in [-0.25, -0.2) is 14.4 Å². The number of benzene rings is 1. The van der Waals surface area contributed by atoms with Crippen LogP contribution in [0.4, 0.5) is 14.4 Å². The Morgan fingerprint density at radius 3 is 2.29 bits per heavy atom. The minimum absolute atomic E-state index is 0.0464. The van der Waals surface area contributed by atoms with E-state index in [1.807, 2.05) is 64.2 Å². The number of carbonyl (C=O) groups is 4. The number of hydrogen-bond acceptors (Lipinski definition) is 8. The molecule has 1 aromatic rings. The van der Waals surface area contributed by atoms with Crippen molar-refractivity contribution < 1.29 is 38.1 Å². The van der Waals surface area contributed by atoms with Gasteiger partial charge in [-0.2, -0.15) is 0 Å². The summed E-state index contributed by atoms with van der Waals surface area (Å²) in [6, 6.07) is 7.58. The second-order valence-electron chi connectivity index (χ2n) is 9.45. The largest absolute Gasteiger partial charge is 0.511 e. The molecule has 2 rings (SSSR count). The average molecular weight is 496 g/mol. The fourth-order valence-corrected chi connectivity index (χ4v) is 5.79. The molecule has 1 fully saturated rings. The topological polar surface area (TPSA) is 146 Å². The Balaban J connectivity index is 2.06. The van der Waals surface area contributed by atoms with E-state index in [0.717, 1.165) is 5.56 Å². The van der Waals surface area contributed by atoms with Gasteiger partial charge in [-0.15, -0.1) is 0 Å². The van der Waals surface area contributed by atoms with Crippen molar-refractivity contribution in [2.45, 2.75) is 70.8 Å². The van der Waals surface area contributed by atoms with E-state index in [1.165, 1.54) is 6.92 Å². The van der Waals surface area contributed by atoms with Crippen molar-refractivity contribution in [2.24, 2.45) is 5.73 Å². The molecular weight excluding hydrogens is 462 g/mol. The van der Waals surface area contributed by atoms with Crippen LogP contribution in [0.15, 0.2) is 30.3 Å². The Kier molecular flexibility index (Phi) is 8.54. The number of ether oxygens (including phenoxy) is 4. The van der Waals surface area contributed by atoms with Crippen LogP contribution >= 0.6 is 0 Å². The first-order valence-corrected chi connectivity index (χ1v) is 13.8. The number of nitrogens with zero attached hydrogens (tertiary/aromatic N) is 1. The third-order valence-corrected chi connectivity index (χ3v) is 11.5. The molecule has 0 aliphatic carbocycles. The molecule has 12 heteroatoms. The first-order valence-electron chi connectivity index (χ1n) is 10.8. The van der Waals surface area contributed by atoms with Crippen LogP contribution < -0.4 is 11.1 Å². The number of amides is 3. The Morgan fingerprint density at radius 2 is 1.74 bits per heavy atom. The standard InChI is InChI=1S/C22H33N3O8Si/c1-14(32-19(23)27)33-21(29)31-13-16-17(18(26)25(16)34(5,6)22(2,3)4)24-20(28)30-12-15-10-8-7-9-11-15/h7-11,14,16-17H,12-13H2,1-6H3,(H2,23,27)(H,24,28)/t14?,16-,17+/m0/s1. The van der Waals surface area contributed by atoms with Crippen LogP contribution in [0, 0.1) is 0 Å². The summed E-state index contributed by atoms with van der Waals surface area (Å²) in [4.78, 5) is 48.2. The predicted octanol–water partition coefficient (Wildman–Crippen LogP) is 3.09. The normalized spacial score (nSPS) is 18.9. The van der Waals surface area contributed by atoms with Gasteiger partial charge in [-0.3, -0.25) is 4.79 Å². The van der Waals surface area contributed by atoms with Gasteiger partial charge < -0.3 is 34.6 Å². The van der Waals surface area contributed by atoms with Crippen molar-refractivity contribution in [1.29, 1.82) is 0 Å². The fourth-order valence-electron chi connectivity index (χ4n) is 3.33. The molecule has 3 N–H and O–H groups in total. The second-order valence-corrected chi connectivity index (χ2v) is 14.6. The van der Waals surface area contributed by atoms with E-state index in [1.54, 1.807) is 4.57 Å². The molecule has 1 unspecified atom stereocenters. The Labute approximate surface area is 199 Å². The van der Waals surface area contributed by atoms with Gasteiger partial charge in [0.05, 0.1) is 6.04 Å². The van der Waals surface area contributed by atoms with E-state index in [9.17, 15) is 19.2 Å². The lowest BCUT2D eigenvalue weighted by atomic mass is 10.00. The summed E-state index contributed by atoms with van der Waals surface area (Å²) in [5.74, 6) is -0.268. The van der Waals surface area contributed by atoms with Gasteiger partial charge >= 0.3 is 18.3 Å². The smallest absolute Gasteiger partial charge is 0.445 e. The molecule has 1 aliphatic heterocycles. The molecule has 3 atom stereocenters. The number of hydrogen-bond donors (Lipinski definition) is 2. The summed E-state index contributed by atoms with van der Waals surface area (Å²) in [5.41, 5.74) is 5.69. The quantitative estimate of drug-likeness (QED) is 0.184. The van der Waals surface area contributed by atoms with Crippen molar-refractivity contribution in [3.8, 4) is 0 Å². The summed E-state index contributed by atoms with van der Waals surface area (Å²) in [6.45, 7) is 11.3. The lowest BCUT2D eigenvalue weighted by Gasteiger charge is -2.57. The van der Waals surface area contributed by atoms with Gasteiger partial charge in [0.15, 0.2) is 8.24 Å². The molecule has 0 saturated carbocycles. The van der Waals surface area contributed by atoms with Crippen LogP contribution in [0.25, 0.3) is 0 Å². The molecule has 1 heterocycles. The molecule has 11 nitrogen and oxygen atoms in total. The number of β-lactam (4-membered cyclic amide) rings is 1. The van der Waals surface area contributed by atoms with E-state index in [4.69, 9.17) is 19.9 Å². The highest BCUT2D eigenvalue weighted by Gasteiger charge is 2.58. The van der Waals surface area contributed by atoms with Crippen LogP contribution in [0.5, 0.6) is 0 Å². The maximum absolute atomic E-state index is 13.1. The molecule has 1 aromatic carbocycles. The van der Waals surface area contributed by atoms with Crippen molar-refractivity contribution in [3.63, 3.8) is 0 Å². The van der Waals surface area contributed by atoms with Crippen LogP contribution in [-0.4, -0.2) is 62.0 Å². The number of rotatable bonds is 8. The molecule has 0 aromatic heterocycles. The molecule has 1 aliphatic rings. The van der Waals surface area contributed by atoms with Crippen molar-refractivity contribution in [3.05, 3.63) is 35.9 Å². The van der Waals surface area contributed by atoms with E-state index in [0.29, 0.717) is 0 Å². The highest BCUT2D eigenvalue weighted by Crippen LogP contribution is 2.43. The molecule has 188 valence electrons. The third-order valence-electron chi connectivity index (χ3n) is 6.06. The molecule has 0 bridgehead atoms. The van der Waals surface area contributed by atoms with Gasteiger partial charge in [-0.1, -0.05) is 64.2 Å². The molecule has 1 saturated heterocycles. The van der Waals surface area contributed by atoms with Gasteiger partial charge in [-0.05, 0) is 10.6 Å². The predicted molar refractivity (Wildman–Crippen MR) is 124 cm³/mol. The number of carbonyl (C=O) groups excluding carboxylic acids is 4. The Morgan fingerprint density at radius 1 is 1.12 bits per heavy atom. The van der Waals surface area contributed by atoms with Crippen molar-refractivity contribution in [2.75, 3.05) is 6.61 Å². The van der Waals surface area contributed by atoms with Crippen molar-refractivity contribution in [1.82, 2.24) is 9.88 Å². The highest BCUT2D eigenvalue weighted by atomic mass is 28.3. The van der Waals surface area contributed by atoms with Crippen molar-refractivity contribution >= 4 is 32.5 Å². The van der Waals surface area contributed by atoms with Crippen LogP contribution in [0.3, 0.4) is 0 Å². The second kappa shape index (κ2) is 10.8. The molecule has 3 amide bonds. The first kappa shape index (κ1) is 27.0. The minimum atomic E-state index is -2.36. The molecule has 0 spiro atoms. The monoisotopic (exact) mass is 495 g/mol. The SMILES string of the molecule is CC(OC(N)=O)OC(=O)OC[C@H]1[C@@H](NC(=O)OCc2ccccc2)C(=O)N1[Si](C)(C)C(C)(C)C. The maximum atomic E-state index is 13.1. The first-order chi connectivity index (χ1) is 15.7. The van der Waals surface area contributed by atoms with Gasteiger partial charge in [0.1, 0.15) is 19.3 Å². The number of nitrogens with one attached hydrogen (secondary N) is 1.